The predicted molar refractivity (Wildman–Crippen MR) is 41.0 cm³/mol. The molecule has 0 spiro atoms. The Balaban J connectivity index is 0. The molecule has 12 heavy (non-hydrogen) atoms. The second-order valence-electron chi connectivity index (χ2n) is 1.66. The summed E-state index contributed by atoms with van der Waals surface area (Å²) in [5.74, 6) is 0.940. The van der Waals surface area contributed by atoms with Crippen LogP contribution in [0.5, 0.6) is 0 Å². The molecule has 0 atom stereocenters. The van der Waals surface area contributed by atoms with E-state index in [0.717, 1.165) is 13.2 Å². The van der Waals surface area contributed by atoms with Gasteiger partial charge in [0.25, 0.3) is 10.1 Å². The third kappa shape index (κ3) is 36.3. The van der Waals surface area contributed by atoms with Gasteiger partial charge in [-0.05, 0) is 0 Å². The summed E-state index contributed by atoms with van der Waals surface area (Å²) in [6.07, 6.45) is 5.64. The SMILES string of the molecule is C#CCOS(C)(=O)=O.CC([O])=O. The standard InChI is InChI=1S/C4H6O3S.C2H3O2/c1-3-4-7-8(2,5)6;1-2(3)4/h1H,4H2,2H3;1H3. The van der Waals surface area contributed by atoms with E-state index in [1.807, 2.05) is 5.92 Å². The largest absolute Gasteiger partial charge is 0.352 e. The van der Waals surface area contributed by atoms with Crippen LogP contribution in [-0.4, -0.2) is 27.2 Å². The first-order chi connectivity index (χ1) is 5.29. The van der Waals surface area contributed by atoms with Crippen LogP contribution in [0.1, 0.15) is 6.92 Å². The Labute approximate surface area is 71.5 Å². The first-order valence-electron chi connectivity index (χ1n) is 2.75. The quantitative estimate of drug-likeness (QED) is 0.439. The highest BCUT2D eigenvalue weighted by molar-refractivity contribution is 7.85. The van der Waals surface area contributed by atoms with Crippen LogP contribution in [0.3, 0.4) is 0 Å². The Morgan fingerprint density at radius 2 is 1.92 bits per heavy atom. The van der Waals surface area contributed by atoms with E-state index in [4.69, 9.17) is 16.3 Å². The molecule has 0 saturated carbocycles. The third-order valence-electron chi connectivity index (χ3n) is 0.356. The van der Waals surface area contributed by atoms with Crippen LogP contribution in [-0.2, 0) is 24.2 Å². The highest BCUT2D eigenvalue weighted by Gasteiger charge is 1.96. The van der Waals surface area contributed by atoms with Gasteiger partial charge in [0.05, 0.1) is 6.26 Å². The van der Waals surface area contributed by atoms with Gasteiger partial charge in [0.2, 0.25) is 0 Å². The highest BCUT2D eigenvalue weighted by Crippen LogP contribution is 1.82. The molecule has 1 radical (unpaired) electrons. The fourth-order valence-corrected chi connectivity index (χ4v) is 0.423. The van der Waals surface area contributed by atoms with E-state index in [1.54, 1.807) is 0 Å². The molecule has 69 valence electrons. The fraction of sp³-hybridized carbons (Fsp3) is 0.500. The van der Waals surface area contributed by atoms with Crippen molar-refractivity contribution >= 4 is 16.1 Å². The van der Waals surface area contributed by atoms with Crippen molar-refractivity contribution in [3.05, 3.63) is 0 Å². The number of rotatable bonds is 2. The molecule has 0 unspecified atom stereocenters. The molecule has 0 saturated heterocycles. The van der Waals surface area contributed by atoms with Gasteiger partial charge in [-0.3, -0.25) is 4.18 Å². The number of carbonyl (C=O) groups is 1. The Hall–Kier alpha value is -1.06. The molecule has 0 heterocycles. The smallest absolute Gasteiger partial charge is 0.257 e. The molecule has 0 aliphatic carbocycles. The summed E-state index contributed by atoms with van der Waals surface area (Å²) in [6.45, 7) is 0.791. The Morgan fingerprint density at radius 1 is 1.58 bits per heavy atom. The molecular weight excluding hydrogens is 184 g/mol. The van der Waals surface area contributed by atoms with Crippen molar-refractivity contribution in [2.45, 2.75) is 6.92 Å². The van der Waals surface area contributed by atoms with Gasteiger partial charge < -0.3 is 0 Å². The van der Waals surface area contributed by atoms with Crippen molar-refractivity contribution in [1.82, 2.24) is 0 Å². The zero-order valence-corrected chi connectivity index (χ0v) is 7.55. The Morgan fingerprint density at radius 3 is 2.00 bits per heavy atom. The highest BCUT2D eigenvalue weighted by atomic mass is 32.2. The maximum absolute atomic E-state index is 10.1. The summed E-state index contributed by atoms with van der Waals surface area (Å²) in [5.41, 5.74) is 0. The van der Waals surface area contributed by atoms with E-state index < -0.39 is 16.1 Å². The molecule has 5 nitrogen and oxygen atoms in total. The number of terminal acetylenes is 1. The lowest BCUT2D eigenvalue weighted by Gasteiger charge is -1.90. The van der Waals surface area contributed by atoms with Crippen LogP contribution >= 0.6 is 0 Å². The molecule has 0 bridgehead atoms. The molecule has 0 aromatic carbocycles. The molecular formula is C6H9O5S. The van der Waals surface area contributed by atoms with Gasteiger partial charge in [0.15, 0.2) is 0 Å². The average Bonchev–Trinajstić information content (AvgIpc) is 1.80. The topological polar surface area (TPSA) is 80.3 Å². The van der Waals surface area contributed by atoms with Crippen molar-refractivity contribution in [1.29, 1.82) is 0 Å². The van der Waals surface area contributed by atoms with Crippen LogP contribution in [0.4, 0.5) is 0 Å². The van der Waals surface area contributed by atoms with Crippen molar-refractivity contribution in [3.8, 4) is 12.3 Å². The molecule has 0 aliphatic heterocycles. The van der Waals surface area contributed by atoms with E-state index in [-0.39, 0.29) is 6.61 Å². The molecule has 6 heteroatoms. The van der Waals surface area contributed by atoms with Gasteiger partial charge >= 0.3 is 5.97 Å². The zero-order valence-electron chi connectivity index (χ0n) is 6.73. The third-order valence-corrected chi connectivity index (χ3v) is 0.902. The van der Waals surface area contributed by atoms with Gasteiger partial charge in [-0.25, -0.2) is 9.90 Å². The van der Waals surface area contributed by atoms with Crippen LogP contribution < -0.4 is 0 Å². The minimum Gasteiger partial charge on any atom is -0.257 e. The maximum atomic E-state index is 10.1. The second kappa shape index (κ2) is 6.64. The molecule has 0 amide bonds. The number of hydrogen-bond donors (Lipinski definition) is 0. The minimum absolute atomic E-state index is 0.182. The molecule has 0 aliphatic rings. The van der Waals surface area contributed by atoms with E-state index in [1.165, 1.54) is 0 Å². The second-order valence-corrected chi connectivity index (χ2v) is 3.31. The minimum atomic E-state index is -3.33. The van der Waals surface area contributed by atoms with Crippen molar-refractivity contribution in [3.63, 3.8) is 0 Å². The van der Waals surface area contributed by atoms with Crippen LogP contribution in [0.15, 0.2) is 0 Å². The van der Waals surface area contributed by atoms with Crippen LogP contribution in [0, 0.1) is 12.3 Å². The average molecular weight is 193 g/mol. The molecule has 0 aromatic rings. The molecule has 0 N–H and O–H groups in total. The normalized spacial score (nSPS) is 9.08. The van der Waals surface area contributed by atoms with E-state index in [2.05, 4.69) is 4.18 Å². The summed E-state index contributed by atoms with van der Waals surface area (Å²) in [6, 6.07) is 0. The van der Waals surface area contributed by atoms with Crippen LogP contribution in [0.2, 0.25) is 0 Å². The van der Waals surface area contributed by atoms with Gasteiger partial charge in [0, 0.05) is 6.92 Å². The Bertz CT molecular complexity index is 254. The summed E-state index contributed by atoms with van der Waals surface area (Å²) >= 11 is 0. The number of hydrogen-bond acceptors (Lipinski definition) is 4. The van der Waals surface area contributed by atoms with E-state index in [0.29, 0.717) is 0 Å². The van der Waals surface area contributed by atoms with Gasteiger partial charge in [-0.1, -0.05) is 5.92 Å². The summed E-state index contributed by atoms with van der Waals surface area (Å²) in [4.78, 5) is 8.89. The van der Waals surface area contributed by atoms with Crippen molar-refractivity contribution in [2.75, 3.05) is 12.9 Å². The molecule has 0 aromatic heterocycles. The zero-order chi connectivity index (χ0) is 10.2. The van der Waals surface area contributed by atoms with E-state index >= 15 is 0 Å². The van der Waals surface area contributed by atoms with Crippen molar-refractivity contribution < 1.29 is 22.5 Å². The molecule has 0 rings (SSSR count). The summed E-state index contributed by atoms with van der Waals surface area (Å²) < 4.78 is 24.3. The first kappa shape index (κ1) is 13.5. The van der Waals surface area contributed by atoms with Crippen molar-refractivity contribution in [2.24, 2.45) is 0 Å². The predicted octanol–water partition coefficient (Wildman–Crippen LogP) is -0.441. The lowest BCUT2D eigenvalue weighted by atomic mass is 10.8. The first-order valence-corrected chi connectivity index (χ1v) is 4.56. The maximum Gasteiger partial charge on any atom is 0.352 e. The monoisotopic (exact) mass is 193 g/mol. The fourth-order valence-electron chi connectivity index (χ4n) is 0.141. The van der Waals surface area contributed by atoms with Gasteiger partial charge in [-0.2, -0.15) is 8.42 Å². The number of carbonyl (C=O) groups excluding carboxylic acids is 1. The van der Waals surface area contributed by atoms with Gasteiger partial charge in [0.1, 0.15) is 6.61 Å². The lowest BCUT2D eigenvalue weighted by Crippen LogP contribution is -2.01. The van der Waals surface area contributed by atoms with E-state index in [9.17, 15) is 8.42 Å². The summed E-state index contributed by atoms with van der Waals surface area (Å²) in [7, 11) is -3.33. The summed E-state index contributed by atoms with van der Waals surface area (Å²) in [5, 5.41) is 8.89. The lowest BCUT2D eigenvalue weighted by molar-refractivity contribution is -0.140. The molecule has 0 fully saturated rings. The van der Waals surface area contributed by atoms with Crippen LogP contribution in [0.25, 0.3) is 0 Å². The van der Waals surface area contributed by atoms with Gasteiger partial charge in [-0.15, -0.1) is 6.42 Å². The Kier molecular flexibility index (Phi) is 7.48.